The van der Waals surface area contributed by atoms with Crippen molar-refractivity contribution in [2.75, 3.05) is 13.1 Å². The molecule has 1 saturated heterocycles. The molecule has 2 aromatic heterocycles. The Morgan fingerprint density at radius 2 is 2.12 bits per heavy atom. The Bertz CT molecular complexity index is 915. The Balaban J connectivity index is 1.36. The van der Waals surface area contributed by atoms with Gasteiger partial charge in [-0.15, -0.1) is 0 Å². The predicted octanol–water partition coefficient (Wildman–Crippen LogP) is 2.59. The van der Waals surface area contributed by atoms with Crippen molar-refractivity contribution in [1.82, 2.24) is 20.0 Å². The Kier molecular flexibility index (Phi) is 3.36. The minimum atomic E-state index is -1.04. The van der Waals surface area contributed by atoms with E-state index in [1.54, 1.807) is 0 Å². The number of hydrogen-bond donors (Lipinski definition) is 1. The third-order valence-corrected chi connectivity index (χ3v) is 5.25. The zero-order valence-electron chi connectivity index (χ0n) is 13.9. The first-order valence-corrected chi connectivity index (χ1v) is 8.82. The molecule has 25 heavy (non-hydrogen) atoms. The fourth-order valence-corrected chi connectivity index (χ4v) is 3.66. The summed E-state index contributed by atoms with van der Waals surface area (Å²) in [5.41, 5.74) is 0.129. The number of benzene rings is 1. The molecule has 1 aliphatic carbocycles. The van der Waals surface area contributed by atoms with E-state index in [1.165, 1.54) is 10.9 Å². The van der Waals surface area contributed by atoms with Crippen LogP contribution in [0.15, 0.2) is 41.2 Å². The van der Waals surface area contributed by atoms with Crippen LogP contribution >= 0.6 is 0 Å². The number of fused-ring (bicyclic) bond motifs is 1. The molecule has 1 N–H and O–H groups in total. The van der Waals surface area contributed by atoms with E-state index in [4.69, 9.17) is 4.52 Å². The van der Waals surface area contributed by atoms with Gasteiger partial charge in [0.2, 0.25) is 0 Å². The maximum atomic E-state index is 11.0. The fourth-order valence-electron chi connectivity index (χ4n) is 3.66. The van der Waals surface area contributed by atoms with Gasteiger partial charge in [-0.1, -0.05) is 29.4 Å². The maximum Gasteiger partial charge on any atom is 0.260 e. The predicted molar refractivity (Wildman–Crippen MR) is 91.8 cm³/mol. The Labute approximate surface area is 145 Å². The first-order valence-electron chi connectivity index (χ1n) is 8.82. The summed E-state index contributed by atoms with van der Waals surface area (Å²) >= 11 is 0. The van der Waals surface area contributed by atoms with E-state index in [0.717, 1.165) is 37.1 Å². The Morgan fingerprint density at radius 3 is 3.00 bits per heavy atom. The van der Waals surface area contributed by atoms with Crippen LogP contribution in [0.4, 0.5) is 0 Å². The van der Waals surface area contributed by atoms with Gasteiger partial charge in [-0.3, -0.25) is 9.88 Å². The van der Waals surface area contributed by atoms with Crippen molar-refractivity contribution < 1.29 is 9.63 Å². The second-order valence-corrected chi connectivity index (χ2v) is 7.24. The second kappa shape index (κ2) is 5.61. The molecule has 0 radical (unpaired) electrons. The number of rotatable bonds is 4. The van der Waals surface area contributed by atoms with Gasteiger partial charge < -0.3 is 9.63 Å². The van der Waals surface area contributed by atoms with Crippen LogP contribution in [0.3, 0.4) is 0 Å². The minimum absolute atomic E-state index is 0.368. The third kappa shape index (κ3) is 2.71. The number of aliphatic hydroxyl groups is 1. The molecule has 128 valence electrons. The molecule has 3 aromatic rings. The molecule has 1 saturated carbocycles. The number of aromatic nitrogens is 3. The van der Waals surface area contributed by atoms with Crippen LogP contribution in [0.5, 0.6) is 0 Å². The lowest BCUT2D eigenvalue weighted by Gasteiger charge is -2.20. The summed E-state index contributed by atoms with van der Waals surface area (Å²) in [5, 5.41) is 17.4. The van der Waals surface area contributed by atoms with Crippen molar-refractivity contribution >= 4 is 10.8 Å². The summed E-state index contributed by atoms with van der Waals surface area (Å²) in [6.45, 7) is 2.05. The van der Waals surface area contributed by atoms with Gasteiger partial charge in [0.05, 0.1) is 0 Å². The quantitative estimate of drug-likeness (QED) is 0.789. The van der Waals surface area contributed by atoms with Crippen LogP contribution < -0.4 is 0 Å². The first kappa shape index (κ1) is 15.0. The minimum Gasteiger partial charge on any atom is -0.379 e. The van der Waals surface area contributed by atoms with Crippen molar-refractivity contribution in [3.8, 4) is 0 Å². The van der Waals surface area contributed by atoms with Crippen molar-refractivity contribution in [3.63, 3.8) is 0 Å². The average molecular weight is 336 g/mol. The van der Waals surface area contributed by atoms with E-state index in [-0.39, 0.29) is 0 Å². The van der Waals surface area contributed by atoms with Crippen LogP contribution in [0.1, 0.15) is 42.5 Å². The number of nitrogens with zero attached hydrogens (tertiary/aromatic N) is 4. The van der Waals surface area contributed by atoms with Crippen LogP contribution in [0.2, 0.25) is 0 Å². The highest BCUT2D eigenvalue weighted by atomic mass is 16.5. The monoisotopic (exact) mass is 336 g/mol. The molecule has 0 spiro atoms. The lowest BCUT2D eigenvalue weighted by atomic mass is 10.0. The van der Waals surface area contributed by atoms with E-state index in [1.807, 2.05) is 24.5 Å². The molecule has 2 aliphatic rings. The van der Waals surface area contributed by atoms with E-state index in [9.17, 15) is 5.11 Å². The highest BCUT2D eigenvalue weighted by Crippen LogP contribution is 2.40. The molecular weight excluding hydrogens is 316 g/mol. The topological polar surface area (TPSA) is 75.3 Å². The summed E-state index contributed by atoms with van der Waals surface area (Å²) in [6.07, 6.45) is 6.65. The maximum absolute atomic E-state index is 11.0. The average Bonchev–Trinajstić information content (AvgIpc) is 3.23. The summed E-state index contributed by atoms with van der Waals surface area (Å²) in [7, 11) is 0. The van der Waals surface area contributed by atoms with E-state index >= 15 is 0 Å². The largest absolute Gasteiger partial charge is 0.379 e. The van der Waals surface area contributed by atoms with Crippen LogP contribution in [-0.4, -0.2) is 38.2 Å². The standard InChI is InChI=1S/C19H20N4O2/c24-19(18-21-17(22-25-18)13-5-6-13)7-8-23(12-19)11-15-10-20-9-14-3-1-2-4-16(14)15/h1-4,9-10,13,24H,5-8,11-12H2. The number of pyridine rings is 1. The molecule has 0 bridgehead atoms. The van der Waals surface area contributed by atoms with Crippen molar-refractivity contribution in [3.05, 3.63) is 53.9 Å². The van der Waals surface area contributed by atoms with Gasteiger partial charge in [-0.25, -0.2) is 0 Å². The van der Waals surface area contributed by atoms with Gasteiger partial charge >= 0.3 is 0 Å². The lowest BCUT2D eigenvalue weighted by Crippen LogP contribution is -2.31. The summed E-state index contributed by atoms with van der Waals surface area (Å²) in [6, 6.07) is 8.26. The fraction of sp³-hybridized carbons (Fsp3) is 0.421. The number of β-amino-alcohol motifs (C(OH)–C–C–N with tert-alkyl or cyclic N) is 1. The van der Waals surface area contributed by atoms with Crippen LogP contribution in [-0.2, 0) is 12.1 Å². The molecule has 6 nitrogen and oxygen atoms in total. The lowest BCUT2D eigenvalue weighted by molar-refractivity contribution is 0.0131. The number of hydrogen-bond acceptors (Lipinski definition) is 6. The highest BCUT2D eigenvalue weighted by molar-refractivity contribution is 5.84. The van der Waals surface area contributed by atoms with Gasteiger partial charge in [0, 0.05) is 43.3 Å². The van der Waals surface area contributed by atoms with Crippen molar-refractivity contribution in [2.45, 2.75) is 37.3 Å². The smallest absolute Gasteiger partial charge is 0.260 e. The first-order chi connectivity index (χ1) is 12.2. The molecule has 5 rings (SSSR count). The van der Waals surface area contributed by atoms with Crippen LogP contribution in [0, 0.1) is 0 Å². The zero-order valence-corrected chi connectivity index (χ0v) is 13.9. The molecule has 1 atom stereocenters. The van der Waals surface area contributed by atoms with Gasteiger partial charge in [0.1, 0.15) is 0 Å². The number of likely N-dealkylation sites (tertiary alicyclic amines) is 1. The highest BCUT2D eigenvalue weighted by Gasteiger charge is 2.43. The van der Waals surface area contributed by atoms with E-state index in [2.05, 4.69) is 32.2 Å². The van der Waals surface area contributed by atoms with E-state index < -0.39 is 5.60 Å². The second-order valence-electron chi connectivity index (χ2n) is 7.24. The molecule has 3 heterocycles. The van der Waals surface area contributed by atoms with Gasteiger partial charge in [-0.05, 0) is 30.2 Å². The summed E-state index contributed by atoms with van der Waals surface area (Å²) in [5.74, 6) is 1.55. The molecule has 1 aliphatic heterocycles. The van der Waals surface area contributed by atoms with Crippen molar-refractivity contribution in [1.29, 1.82) is 0 Å². The van der Waals surface area contributed by atoms with Gasteiger partial charge in [0.25, 0.3) is 5.89 Å². The van der Waals surface area contributed by atoms with Gasteiger partial charge in [-0.2, -0.15) is 4.98 Å². The molecule has 6 heteroatoms. The zero-order chi connectivity index (χ0) is 16.9. The molecular formula is C19H20N4O2. The summed E-state index contributed by atoms with van der Waals surface area (Å²) < 4.78 is 5.37. The normalized spacial score (nSPS) is 24.2. The molecule has 1 unspecified atom stereocenters. The van der Waals surface area contributed by atoms with E-state index in [0.29, 0.717) is 24.8 Å². The Morgan fingerprint density at radius 1 is 1.24 bits per heavy atom. The molecule has 1 aromatic carbocycles. The summed E-state index contributed by atoms with van der Waals surface area (Å²) in [4.78, 5) is 11.0. The molecule has 0 amide bonds. The Hall–Kier alpha value is -2.31. The van der Waals surface area contributed by atoms with Crippen molar-refractivity contribution in [2.24, 2.45) is 0 Å². The molecule has 2 fully saturated rings. The third-order valence-electron chi connectivity index (χ3n) is 5.25. The van der Waals surface area contributed by atoms with Crippen LogP contribution in [0.25, 0.3) is 10.8 Å². The van der Waals surface area contributed by atoms with Gasteiger partial charge in [0.15, 0.2) is 11.4 Å². The SMILES string of the molecule is OC1(c2nc(C3CC3)no2)CCN(Cc2cncc3ccccc23)C1.